The summed E-state index contributed by atoms with van der Waals surface area (Å²) in [7, 11) is 1.67. The van der Waals surface area contributed by atoms with Crippen LogP contribution in [-0.2, 0) is 19.2 Å². The Labute approximate surface area is 207 Å². The fourth-order valence-electron chi connectivity index (χ4n) is 5.50. The Bertz CT molecular complexity index is 954. The van der Waals surface area contributed by atoms with Crippen LogP contribution in [0.1, 0.15) is 57.4 Å². The highest BCUT2D eigenvalue weighted by Crippen LogP contribution is 2.37. The summed E-state index contributed by atoms with van der Waals surface area (Å²) in [5.74, 6) is -0.560. The molecule has 1 aromatic carbocycles. The minimum atomic E-state index is -0.890. The van der Waals surface area contributed by atoms with Gasteiger partial charge in [-0.25, -0.2) is 0 Å². The zero-order chi connectivity index (χ0) is 25.1. The number of hydrogen-bond acceptors (Lipinski definition) is 5. The lowest BCUT2D eigenvalue weighted by Crippen LogP contribution is -2.62. The molecule has 3 fully saturated rings. The molecule has 190 valence electrons. The maximum absolute atomic E-state index is 13.7. The fourth-order valence-corrected chi connectivity index (χ4v) is 5.50. The second kappa shape index (κ2) is 10.8. The molecule has 6 atom stereocenters. The van der Waals surface area contributed by atoms with Crippen LogP contribution in [0.15, 0.2) is 30.3 Å². The monoisotopic (exact) mass is 483 g/mol. The van der Waals surface area contributed by atoms with E-state index in [4.69, 9.17) is 0 Å². The molecule has 0 bridgehead atoms. The first-order chi connectivity index (χ1) is 16.8. The summed E-state index contributed by atoms with van der Waals surface area (Å²) >= 11 is 0. The Hall–Kier alpha value is -2.94. The molecule has 1 aliphatic carbocycles. The van der Waals surface area contributed by atoms with Gasteiger partial charge < -0.3 is 25.8 Å². The zero-order valence-electron chi connectivity index (χ0n) is 20.8. The first kappa shape index (κ1) is 25.2. The second-order valence-corrected chi connectivity index (χ2v) is 10.0. The molecule has 3 aliphatic rings. The molecule has 0 aromatic heterocycles. The van der Waals surface area contributed by atoms with Crippen molar-refractivity contribution in [2.75, 3.05) is 20.1 Å². The van der Waals surface area contributed by atoms with Gasteiger partial charge in [-0.15, -0.1) is 0 Å². The van der Waals surface area contributed by atoms with Crippen molar-refractivity contribution in [2.24, 2.45) is 0 Å². The lowest BCUT2D eigenvalue weighted by Gasteiger charge is -2.41. The number of carbonyl (C=O) groups excluding carboxylic acids is 4. The van der Waals surface area contributed by atoms with Gasteiger partial charge in [-0.2, -0.15) is 0 Å². The number of hydrogen-bond donors (Lipinski definition) is 3. The molecule has 2 unspecified atom stereocenters. The van der Waals surface area contributed by atoms with E-state index in [1.54, 1.807) is 23.8 Å². The third-order valence-corrected chi connectivity index (χ3v) is 7.91. The van der Waals surface area contributed by atoms with Crippen molar-refractivity contribution in [3.63, 3.8) is 0 Å². The van der Waals surface area contributed by atoms with Gasteiger partial charge in [0.2, 0.25) is 23.6 Å². The average molecular weight is 484 g/mol. The number of carbonyl (C=O) groups is 4. The number of amides is 4. The van der Waals surface area contributed by atoms with Crippen molar-refractivity contribution in [2.45, 2.75) is 82.1 Å². The third-order valence-electron chi connectivity index (χ3n) is 7.91. The third kappa shape index (κ3) is 5.34. The average Bonchev–Trinajstić information content (AvgIpc) is 3.25. The molecule has 0 radical (unpaired) electrons. The van der Waals surface area contributed by atoms with Gasteiger partial charge in [0, 0.05) is 38.0 Å². The van der Waals surface area contributed by atoms with Gasteiger partial charge in [-0.05, 0) is 51.6 Å². The van der Waals surface area contributed by atoms with Gasteiger partial charge in [0.25, 0.3) is 0 Å². The van der Waals surface area contributed by atoms with Gasteiger partial charge in [0.15, 0.2) is 0 Å². The van der Waals surface area contributed by atoms with Crippen molar-refractivity contribution >= 4 is 23.6 Å². The molecular formula is C26H37N5O4. The van der Waals surface area contributed by atoms with Crippen LogP contribution in [0.4, 0.5) is 0 Å². The minimum Gasteiger partial charge on any atom is -0.351 e. The van der Waals surface area contributed by atoms with Crippen molar-refractivity contribution in [1.29, 1.82) is 0 Å². The van der Waals surface area contributed by atoms with Crippen LogP contribution in [0.3, 0.4) is 0 Å². The minimum absolute atomic E-state index is 0.0639. The second-order valence-electron chi connectivity index (χ2n) is 10.0. The lowest BCUT2D eigenvalue weighted by atomic mass is 9.75. The molecule has 1 aromatic rings. The first-order valence-corrected chi connectivity index (χ1v) is 12.7. The van der Waals surface area contributed by atoms with Gasteiger partial charge in [0.05, 0.1) is 6.04 Å². The summed E-state index contributed by atoms with van der Waals surface area (Å²) in [4.78, 5) is 55.2. The molecular weight excluding hydrogens is 446 g/mol. The molecule has 35 heavy (non-hydrogen) atoms. The highest BCUT2D eigenvalue weighted by molar-refractivity contribution is 5.94. The maximum atomic E-state index is 13.7. The molecule has 9 heteroatoms. The van der Waals surface area contributed by atoms with E-state index in [2.05, 4.69) is 28.1 Å². The largest absolute Gasteiger partial charge is 0.351 e. The molecule has 2 heterocycles. The Morgan fingerprint density at radius 3 is 2.37 bits per heavy atom. The molecule has 4 amide bonds. The number of nitrogens with one attached hydrogen (secondary N) is 3. The van der Waals surface area contributed by atoms with Crippen molar-refractivity contribution < 1.29 is 19.2 Å². The number of fused-ring (bicyclic) bond motifs is 1. The molecule has 9 nitrogen and oxygen atoms in total. The Morgan fingerprint density at radius 2 is 1.74 bits per heavy atom. The van der Waals surface area contributed by atoms with E-state index in [0.29, 0.717) is 31.7 Å². The van der Waals surface area contributed by atoms with Crippen LogP contribution >= 0.6 is 0 Å². The summed E-state index contributed by atoms with van der Waals surface area (Å²) in [6.07, 6.45) is 3.86. The van der Waals surface area contributed by atoms with Crippen LogP contribution < -0.4 is 16.0 Å². The standard InChI is InChI=1S/C26H37N5O4/c1-16(27-3)24(33)29-22-15-30(17(2)32)14-13-19-9-12-23(31(19)26(22)35)25(34)28-21-11-10-20(21)18-7-5-4-6-8-18/h4-8,16,19-23,27H,9-15H2,1-3H3,(H,28,34)(H,29,33)/t16?,19-,20-,21?,22+,23+/m1/s1. The van der Waals surface area contributed by atoms with Crippen molar-refractivity contribution in [3.8, 4) is 0 Å². The number of benzene rings is 1. The van der Waals surface area contributed by atoms with Crippen LogP contribution in [0.2, 0.25) is 0 Å². The van der Waals surface area contributed by atoms with Gasteiger partial charge >= 0.3 is 0 Å². The predicted octanol–water partition coefficient (Wildman–Crippen LogP) is 0.753. The molecule has 0 spiro atoms. The molecule has 4 rings (SSSR count). The van der Waals surface area contributed by atoms with E-state index in [1.807, 2.05) is 18.2 Å². The van der Waals surface area contributed by atoms with Crippen LogP contribution in [0.25, 0.3) is 0 Å². The van der Waals surface area contributed by atoms with Gasteiger partial charge in [0.1, 0.15) is 12.1 Å². The first-order valence-electron chi connectivity index (χ1n) is 12.7. The molecule has 2 aliphatic heterocycles. The smallest absolute Gasteiger partial charge is 0.247 e. The molecule has 1 saturated carbocycles. The van der Waals surface area contributed by atoms with E-state index >= 15 is 0 Å². The number of nitrogens with zero attached hydrogens (tertiary/aromatic N) is 2. The van der Waals surface area contributed by atoms with E-state index < -0.39 is 18.1 Å². The Kier molecular flexibility index (Phi) is 7.74. The van der Waals surface area contributed by atoms with Crippen LogP contribution in [-0.4, -0.2) is 83.8 Å². The fraction of sp³-hybridized carbons (Fsp3) is 0.615. The maximum Gasteiger partial charge on any atom is 0.247 e. The molecule has 3 N–H and O–H groups in total. The molecule has 2 saturated heterocycles. The lowest BCUT2D eigenvalue weighted by molar-refractivity contribution is -0.147. The highest BCUT2D eigenvalue weighted by Gasteiger charge is 2.46. The van der Waals surface area contributed by atoms with E-state index in [0.717, 1.165) is 12.8 Å². The van der Waals surface area contributed by atoms with Gasteiger partial charge in [-0.3, -0.25) is 19.2 Å². The number of rotatable bonds is 6. The predicted molar refractivity (Wildman–Crippen MR) is 131 cm³/mol. The summed E-state index contributed by atoms with van der Waals surface area (Å²) in [6.45, 7) is 3.78. The topological polar surface area (TPSA) is 111 Å². The van der Waals surface area contributed by atoms with Gasteiger partial charge in [-0.1, -0.05) is 30.3 Å². The zero-order valence-corrected chi connectivity index (χ0v) is 20.8. The van der Waals surface area contributed by atoms with Crippen LogP contribution in [0.5, 0.6) is 0 Å². The van der Waals surface area contributed by atoms with Crippen LogP contribution in [0, 0.1) is 0 Å². The summed E-state index contributed by atoms with van der Waals surface area (Å²) in [5.41, 5.74) is 1.22. The van der Waals surface area contributed by atoms with Crippen molar-refractivity contribution in [1.82, 2.24) is 25.8 Å². The van der Waals surface area contributed by atoms with Crippen molar-refractivity contribution in [3.05, 3.63) is 35.9 Å². The Morgan fingerprint density at radius 1 is 1.00 bits per heavy atom. The quantitative estimate of drug-likeness (QED) is 0.553. The normalized spacial score (nSPS) is 29.3. The number of likely N-dealkylation sites (N-methyl/N-ethyl adjacent to an activating group) is 1. The van der Waals surface area contributed by atoms with E-state index in [9.17, 15) is 19.2 Å². The van der Waals surface area contributed by atoms with E-state index in [-0.39, 0.29) is 42.3 Å². The summed E-state index contributed by atoms with van der Waals surface area (Å²) in [6, 6.07) is 8.20. The van der Waals surface area contributed by atoms with E-state index in [1.165, 1.54) is 12.5 Å². The SMILES string of the molecule is CNC(C)C(=O)N[C@H]1CN(C(C)=O)CC[C@H]2CC[C@@H](C(=O)NC3CC[C@@H]3c3ccccc3)N2C1=O. The summed E-state index contributed by atoms with van der Waals surface area (Å²) in [5, 5.41) is 8.90. The summed E-state index contributed by atoms with van der Waals surface area (Å²) < 4.78 is 0. The highest BCUT2D eigenvalue weighted by atomic mass is 16.2. The Balaban J connectivity index is 1.49.